The SMILES string of the molecule is C/C=C(\C)C(=O)O[C@H]1C[C@@]2(C)O[C@H]2[C@@H](OC(C)=O)[C@@]2(C)CC[C@@](O)(C(C)C)[C@H]12. The average molecular weight is 395 g/mol. The monoisotopic (exact) mass is 394 g/mol. The normalized spacial score (nSPS) is 45.1. The van der Waals surface area contributed by atoms with E-state index in [2.05, 4.69) is 0 Å². The van der Waals surface area contributed by atoms with Crippen LogP contribution in [0.3, 0.4) is 0 Å². The first kappa shape index (κ1) is 21.3. The smallest absolute Gasteiger partial charge is 0.333 e. The summed E-state index contributed by atoms with van der Waals surface area (Å²) in [6, 6.07) is 0. The van der Waals surface area contributed by atoms with E-state index in [0.29, 0.717) is 24.8 Å². The van der Waals surface area contributed by atoms with Gasteiger partial charge in [0.2, 0.25) is 0 Å². The van der Waals surface area contributed by atoms with Crippen LogP contribution in [0.1, 0.15) is 67.7 Å². The van der Waals surface area contributed by atoms with Gasteiger partial charge >= 0.3 is 11.9 Å². The molecule has 1 aliphatic heterocycles. The van der Waals surface area contributed by atoms with E-state index in [4.69, 9.17) is 14.2 Å². The third kappa shape index (κ3) is 3.18. The highest BCUT2D eigenvalue weighted by Gasteiger charge is 2.73. The number of allylic oxidation sites excluding steroid dienone is 1. The van der Waals surface area contributed by atoms with Gasteiger partial charge in [-0.05, 0) is 39.5 Å². The molecule has 3 fully saturated rings. The zero-order chi connectivity index (χ0) is 21.1. The molecule has 6 nitrogen and oxygen atoms in total. The van der Waals surface area contributed by atoms with Crippen molar-refractivity contribution in [2.24, 2.45) is 17.3 Å². The summed E-state index contributed by atoms with van der Waals surface area (Å²) in [5, 5.41) is 11.7. The Morgan fingerprint density at radius 1 is 1.18 bits per heavy atom. The first-order valence-electron chi connectivity index (χ1n) is 10.3. The molecule has 3 rings (SSSR count). The molecule has 3 aliphatic rings. The number of aliphatic hydroxyl groups is 1. The average Bonchev–Trinajstić information content (AvgIpc) is 3.17. The maximum atomic E-state index is 12.6. The second kappa shape index (κ2) is 6.84. The number of fused-ring (bicyclic) bond motifs is 2. The van der Waals surface area contributed by atoms with E-state index in [-0.39, 0.29) is 29.9 Å². The van der Waals surface area contributed by atoms with E-state index in [1.165, 1.54) is 6.92 Å². The number of epoxide rings is 1. The molecule has 158 valence electrons. The summed E-state index contributed by atoms with van der Waals surface area (Å²) in [6.45, 7) is 12.9. The van der Waals surface area contributed by atoms with Crippen LogP contribution in [0.25, 0.3) is 0 Å². The molecule has 2 aliphatic carbocycles. The molecule has 2 saturated carbocycles. The molecule has 0 aromatic carbocycles. The van der Waals surface area contributed by atoms with Crippen LogP contribution in [-0.2, 0) is 23.8 Å². The molecule has 0 amide bonds. The largest absolute Gasteiger partial charge is 0.459 e. The lowest BCUT2D eigenvalue weighted by molar-refractivity contribution is -0.181. The van der Waals surface area contributed by atoms with Gasteiger partial charge in [-0.3, -0.25) is 4.79 Å². The molecule has 0 radical (unpaired) electrons. The minimum absolute atomic E-state index is 0.0236. The molecule has 0 aromatic heterocycles. The van der Waals surface area contributed by atoms with E-state index in [9.17, 15) is 14.7 Å². The molecule has 0 spiro atoms. The Kier molecular flexibility index (Phi) is 5.20. The highest BCUT2D eigenvalue weighted by atomic mass is 16.6. The maximum absolute atomic E-state index is 12.6. The van der Waals surface area contributed by atoms with Gasteiger partial charge in [-0.25, -0.2) is 4.79 Å². The number of rotatable bonds is 4. The van der Waals surface area contributed by atoms with Gasteiger partial charge in [0.05, 0.1) is 11.2 Å². The van der Waals surface area contributed by atoms with E-state index < -0.39 is 28.8 Å². The van der Waals surface area contributed by atoms with Crippen molar-refractivity contribution in [2.45, 2.75) is 97.2 Å². The third-order valence-corrected chi connectivity index (χ3v) is 7.46. The van der Waals surface area contributed by atoms with E-state index in [1.54, 1.807) is 19.9 Å². The Morgan fingerprint density at radius 2 is 1.82 bits per heavy atom. The number of ether oxygens (including phenoxy) is 3. The van der Waals surface area contributed by atoms with Gasteiger partial charge in [0, 0.05) is 30.3 Å². The second-order valence-electron chi connectivity index (χ2n) is 9.63. The van der Waals surface area contributed by atoms with Crippen molar-refractivity contribution in [1.82, 2.24) is 0 Å². The van der Waals surface area contributed by atoms with Crippen LogP contribution in [0.4, 0.5) is 0 Å². The molecule has 0 bridgehead atoms. The Labute approximate surface area is 167 Å². The van der Waals surface area contributed by atoms with Crippen LogP contribution >= 0.6 is 0 Å². The van der Waals surface area contributed by atoms with Crippen LogP contribution in [0.5, 0.6) is 0 Å². The summed E-state index contributed by atoms with van der Waals surface area (Å²) in [6.07, 6.45) is 2.22. The van der Waals surface area contributed by atoms with Gasteiger partial charge in [0.25, 0.3) is 0 Å². The number of hydrogen-bond donors (Lipinski definition) is 1. The maximum Gasteiger partial charge on any atom is 0.333 e. The molecule has 28 heavy (non-hydrogen) atoms. The molecule has 7 atom stereocenters. The van der Waals surface area contributed by atoms with Crippen molar-refractivity contribution in [2.75, 3.05) is 0 Å². The lowest BCUT2D eigenvalue weighted by Gasteiger charge is -2.45. The minimum atomic E-state index is -1.00. The Balaban J connectivity index is 2.07. The van der Waals surface area contributed by atoms with Crippen LogP contribution in [-0.4, -0.2) is 46.6 Å². The summed E-state index contributed by atoms with van der Waals surface area (Å²) in [4.78, 5) is 24.5. The van der Waals surface area contributed by atoms with Gasteiger partial charge in [0.15, 0.2) is 0 Å². The predicted octanol–water partition coefficient (Wildman–Crippen LogP) is 3.16. The van der Waals surface area contributed by atoms with Crippen molar-refractivity contribution in [1.29, 1.82) is 0 Å². The fourth-order valence-electron chi connectivity index (χ4n) is 5.56. The number of carbonyl (C=O) groups is 2. The molecule has 0 unspecified atom stereocenters. The first-order valence-corrected chi connectivity index (χ1v) is 10.3. The lowest BCUT2D eigenvalue weighted by Crippen LogP contribution is -2.54. The molecular formula is C22H34O6. The lowest BCUT2D eigenvalue weighted by atomic mass is 9.66. The van der Waals surface area contributed by atoms with Gasteiger partial charge in [0.1, 0.15) is 18.3 Å². The van der Waals surface area contributed by atoms with Gasteiger partial charge in [-0.2, -0.15) is 0 Å². The summed E-state index contributed by atoms with van der Waals surface area (Å²) < 4.78 is 17.7. The Hall–Kier alpha value is -1.40. The van der Waals surface area contributed by atoms with E-state index >= 15 is 0 Å². The fourth-order valence-corrected chi connectivity index (χ4v) is 5.56. The number of hydrogen-bond acceptors (Lipinski definition) is 6. The number of carbonyl (C=O) groups excluding carboxylic acids is 2. The molecule has 6 heteroatoms. The third-order valence-electron chi connectivity index (χ3n) is 7.46. The Bertz CT molecular complexity index is 699. The van der Waals surface area contributed by atoms with Crippen molar-refractivity contribution < 1.29 is 28.9 Å². The molecule has 1 saturated heterocycles. The molecule has 1 N–H and O–H groups in total. The molecular weight excluding hydrogens is 360 g/mol. The van der Waals surface area contributed by atoms with Crippen LogP contribution in [0.2, 0.25) is 0 Å². The van der Waals surface area contributed by atoms with Crippen LogP contribution in [0.15, 0.2) is 11.6 Å². The summed E-state index contributed by atoms with van der Waals surface area (Å²) in [5.74, 6) is -1.10. The van der Waals surface area contributed by atoms with Gasteiger partial charge in [-0.15, -0.1) is 0 Å². The molecule has 1 heterocycles. The standard InChI is InChI=1S/C22H34O6/c1-8-13(4)19(24)27-15-11-21(7)18(28-21)17(26-14(5)23)20(6)9-10-22(25,12(2)3)16(15)20/h8,12,15-18,25H,9-11H2,1-7H3/b13-8+/t15-,16+,17+,18-,20-,21+,22+/m0/s1. The highest BCUT2D eigenvalue weighted by molar-refractivity contribution is 5.87. The summed E-state index contributed by atoms with van der Waals surface area (Å²) in [7, 11) is 0. The van der Waals surface area contributed by atoms with Gasteiger partial charge < -0.3 is 19.3 Å². The summed E-state index contributed by atoms with van der Waals surface area (Å²) in [5.41, 5.74) is -1.54. The Morgan fingerprint density at radius 3 is 2.36 bits per heavy atom. The van der Waals surface area contributed by atoms with E-state index in [0.717, 1.165) is 0 Å². The fraction of sp³-hybridized carbons (Fsp3) is 0.818. The highest BCUT2D eigenvalue weighted by Crippen LogP contribution is 2.64. The minimum Gasteiger partial charge on any atom is -0.459 e. The first-order chi connectivity index (χ1) is 12.9. The van der Waals surface area contributed by atoms with Crippen molar-refractivity contribution in [3.05, 3.63) is 11.6 Å². The zero-order valence-corrected chi connectivity index (χ0v) is 18.1. The van der Waals surface area contributed by atoms with E-state index in [1.807, 2.05) is 27.7 Å². The predicted molar refractivity (Wildman–Crippen MR) is 103 cm³/mol. The van der Waals surface area contributed by atoms with Crippen LogP contribution in [0, 0.1) is 17.3 Å². The van der Waals surface area contributed by atoms with Crippen molar-refractivity contribution in [3.63, 3.8) is 0 Å². The second-order valence-corrected chi connectivity index (χ2v) is 9.63. The van der Waals surface area contributed by atoms with Crippen molar-refractivity contribution >= 4 is 11.9 Å². The number of esters is 2. The van der Waals surface area contributed by atoms with Gasteiger partial charge in [-0.1, -0.05) is 26.8 Å². The zero-order valence-electron chi connectivity index (χ0n) is 18.1. The van der Waals surface area contributed by atoms with Crippen LogP contribution < -0.4 is 0 Å². The topological polar surface area (TPSA) is 85.4 Å². The quantitative estimate of drug-likeness (QED) is 0.448. The molecule has 0 aromatic rings. The van der Waals surface area contributed by atoms with Crippen molar-refractivity contribution in [3.8, 4) is 0 Å². The summed E-state index contributed by atoms with van der Waals surface area (Å²) >= 11 is 0.